The zero-order chi connectivity index (χ0) is 47.4. The lowest BCUT2D eigenvalue weighted by Crippen LogP contribution is -2.46. The summed E-state index contributed by atoms with van der Waals surface area (Å²) in [5, 5.41) is 13.6. The molecule has 0 bridgehead atoms. The lowest BCUT2D eigenvalue weighted by Gasteiger charge is -2.34. The monoisotopic (exact) mass is 911 g/mol. The predicted molar refractivity (Wildman–Crippen MR) is 253 cm³/mol. The van der Waals surface area contributed by atoms with E-state index in [1.807, 2.05) is 6.07 Å². The Hall–Kier alpha value is -6.68. The zero-order valence-electron chi connectivity index (χ0n) is 38.3. The lowest BCUT2D eigenvalue weighted by atomic mass is 9.96. The van der Waals surface area contributed by atoms with Crippen molar-refractivity contribution in [2.45, 2.75) is 71.4 Å². The molecule has 2 aliphatic heterocycles. The number of aliphatic hydroxyl groups is 1. The van der Waals surface area contributed by atoms with Crippen LogP contribution < -0.4 is 15.0 Å². The summed E-state index contributed by atoms with van der Waals surface area (Å²) < 4.78 is 35.7. The minimum absolute atomic E-state index is 0.0424. The van der Waals surface area contributed by atoms with E-state index in [-0.39, 0.29) is 35.1 Å². The summed E-state index contributed by atoms with van der Waals surface area (Å²) in [5.74, 6) is -1.98. The molecule has 6 aromatic rings. The van der Waals surface area contributed by atoms with Crippen LogP contribution in [-0.2, 0) is 21.7 Å². The molecule has 2 aromatic heterocycles. The number of methoxy groups -OCH3 is 1. The van der Waals surface area contributed by atoms with Crippen LogP contribution in [-0.4, -0.2) is 99.6 Å². The number of piperidine rings is 1. The third-order valence-electron chi connectivity index (χ3n) is 12.8. The highest BCUT2D eigenvalue weighted by Gasteiger charge is 2.28. The van der Waals surface area contributed by atoms with Gasteiger partial charge >= 0.3 is 0 Å². The molecule has 3 N–H and O–H groups in total. The van der Waals surface area contributed by atoms with Gasteiger partial charge in [-0.2, -0.15) is 0 Å². The summed E-state index contributed by atoms with van der Waals surface area (Å²) in [6.45, 7) is 10.8. The molecule has 0 unspecified atom stereocenters. The van der Waals surface area contributed by atoms with Gasteiger partial charge in [0.25, 0.3) is 5.91 Å². The summed E-state index contributed by atoms with van der Waals surface area (Å²) >= 11 is 0. The number of anilines is 2. The van der Waals surface area contributed by atoms with Crippen LogP contribution in [0.1, 0.15) is 89.8 Å². The minimum atomic E-state index is -1.29. The first-order valence-corrected chi connectivity index (χ1v) is 22.7. The van der Waals surface area contributed by atoms with Crippen LogP contribution >= 0.6 is 0 Å². The molecule has 13 nitrogen and oxygen atoms in total. The van der Waals surface area contributed by atoms with Crippen molar-refractivity contribution in [3.8, 4) is 28.3 Å². The fourth-order valence-electron chi connectivity index (χ4n) is 8.84. The molecular formula is C52H55F2N7O6. The van der Waals surface area contributed by atoms with Gasteiger partial charge in [-0.05, 0) is 111 Å². The number of rotatable bonds is 16. The molecule has 2 saturated heterocycles. The van der Waals surface area contributed by atoms with Crippen LogP contribution in [0.5, 0.6) is 5.75 Å². The quantitative estimate of drug-likeness (QED) is 0.0487. The number of unbranched alkanes of at least 4 members (excludes halogenated alkanes) is 2. The summed E-state index contributed by atoms with van der Waals surface area (Å²) in [6, 6.07) is 21.9. The lowest BCUT2D eigenvalue weighted by molar-refractivity contribution is -0.128. The summed E-state index contributed by atoms with van der Waals surface area (Å²) in [4.78, 5) is 69.2. The second kappa shape index (κ2) is 20.0. The first kappa shape index (κ1) is 46.8. The van der Waals surface area contributed by atoms with Gasteiger partial charge in [0.2, 0.25) is 5.91 Å². The molecule has 15 heteroatoms. The van der Waals surface area contributed by atoms with Gasteiger partial charge in [-0.1, -0.05) is 36.8 Å². The molecular weight excluding hydrogens is 857 g/mol. The highest BCUT2D eigenvalue weighted by molar-refractivity contribution is 6.09. The Morgan fingerprint density at radius 3 is 2.36 bits per heavy atom. The predicted octanol–water partition coefficient (Wildman–Crippen LogP) is 8.62. The molecule has 67 heavy (non-hydrogen) atoms. The molecule has 8 rings (SSSR count). The van der Waals surface area contributed by atoms with Crippen LogP contribution in [0.3, 0.4) is 0 Å². The fraction of sp³-hybridized carbons (Fsp3) is 0.346. The van der Waals surface area contributed by atoms with Gasteiger partial charge in [0.1, 0.15) is 35.1 Å². The van der Waals surface area contributed by atoms with E-state index in [4.69, 9.17) is 4.74 Å². The molecule has 0 saturated carbocycles. The molecule has 2 amide bonds. The Morgan fingerprint density at radius 2 is 1.64 bits per heavy atom. The number of carbonyl (C=O) groups is 4. The second-order valence-corrected chi connectivity index (χ2v) is 17.9. The number of halogens is 2. The van der Waals surface area contributed by atoms with Gasteiger partial charge in [0, 0.05) is 80.0 Å². The van der Waals surface area contributed by atoms with Crippen LogP contribution in [0.25, 0.3) is 33.5 Å². The molecule has 4 heterocycles. The SMILES string of the molecule is COc1cc(C(=O)CCCCCN2CCN(Cc3ccc(-c4cc5c(-c6cc(F)cc(NC(=O)c7ccc(C(C)(C)O)cc7F)c6C)ncnc5[nH]4)cc3)CC2)ccc1N1CCC(=O)CC1=O. The fourth-order valence-corrected chi connectivity index (χ4v) is 8.84. The number of H-pyrrole nitrogens is 1. The largest absolute Gasteiger partial charge is 0.495 e. The zero-order valence-corrected chi connectivity index (χ0v) is 38.3. The van der Waals surface area contributed by atoms with E-state index in [2.05, 4.69) is 54.3 Å². The number of ether oxygens (including phenoxy) is 1. The number of carbonyl (C=O) groups excluding carboxylic acids is 4. The molecule has 348 valence electrons. The number of nitrogens with zero attached hydrogens (tertiary/aromatic N) is 5. The van der Waals surface area contributed by atoms with Crippen LogP contribution in [0.4, 0.5) is 20.2 Å². The van der Waals surface area contributed by atoms with E-state index >= 15 is 4.39 Å². The average molecular weight is 912 g/mol. The van der Waals surface area contributed by atoms with Gasteiger partial charge < -0.3 is 29.9 Å². The van der Waals surface area contributed by atoms with Crippen molar-refractivity contribution >= 4 is 45.8 Å². The van der Waals surface area contributed by atoms with Gasteiger partial charge in [-0.15, -0.1) is 0 Å². The highest BCUT2D eigenvalue weighted by atomic mass is 19.1. The molecule has 0 radical (unpaired) electrons. The number of ketones is 2. The first-order chi connectivity index (χ1) is 32.1. The number of fused-ring (bicyclic) bond motifs is 1. The third-order valence-corrected chi connectivity index (χ3v) is 12.8. The number of amides is 2. The maximum absolute atomic E-state index is 15.2. The van der Waals surface area contributed by atoms with E-state index in [0.29, 0.717) is 69.8 Å². The maximum atomic E-state index is 15.2. The summed E-state index contributed by atoms with van der Waals surface area (Å²) in [7, 11) is 1.52. The Morgan fingerprint density at radius 1 is 0.881 bits per heavy atom. The van der Waals surface area contributed by atoms with Crippen LogP contribution in [0, 0.1) is 18.6 Å². The van der Waals surface area contributed by atoms with E-state index in [0.717, 1.165) is 75.9 Å². The number of benzene rings is 4. The Labute approximate surface area is 388 Å². The summed E-state index contributed by atoms with van der Waals surface area (Å²) in [6.07, 6.45) is 4.79. The Bertz CT molecular complexity index is 2830. The van der Waals surface area contributed by atoms with Crippen molar-refractivity contribution in [1.29, 1.82) is 0 Å². The van der Waals surface area contributed by atoms with Crippen molar-refractivity contribution < 1.29 is 37.8 Å². The number of Topliss-reactive ketones (excluding diaryl/α,β-unsaturated/α-hetero) is 2. The van der Waals surface area contributed by atoms with Crippen molar-refractivity contribution in [3.63, 3.8) is 0 Å². The number of aromatic amines is 1. The van der Waals surface area contributed by atoms with Crippen LogP contribution in [0.15, 0.2) is 85.2 Å². The van der Waals surface area contributed by atoms with Crippen molar-refractivity contribution in [3.05, 3.63) is 125 Å². The van der Waals surface area contributed by atoms with E-state index in [1.165, 1.54) is 57.1 Å². The average Bonchev–Trinajstić information content (AvgIpc) is 3.75. The number of nitrogens with one attached hydrogen (secondary N) is 2. The van der Waals surface area contributed by atoms with Crippen molar-refractivity contribution in [2.24, 2.45) is 0 Å². The molecule has 0 aliphatic carbocycles. The number of piperazine rings is 1. The van der Waals surface area contributed by atoms with Gasteiger partial charge in [-0.3, -0.25) is 24.1 Å². The first-order valence-electron chi connectivity index (χ1n) is 22.7. The molecule has 4 aromatic carbocycles. The second-order valence-electron chi connectivity index (χ2n) is 17.9. The van der Waals surface area contributed by atoms with Gasteiger partial charge in [-0.25, -0.2) is 18.7 Å². The van der Waals surface area contributed by atoms with Gasteiger partial charge in [0.05, 0.1) is 36.1 Å². The minimum Gasteiger partial charge on any atom is -0.495 e. The normalized spacial score (nSPS) is 15.1. The van der Waals surface area contributed by atoms with Crippen molar-refractivity contribution in [2.75, 3.05) is 56.6 Å². The Balaban J connectivity index is 0.814. The smallest absolute Gasteiger partial charge is 0.258 e. The molecule has 0 spiro atoms. The van der Waals surface area contributed by atoms with Gasteiger partial charge in [0.15, 0.2) is 5.78 Å². The Kier molecular flexibility index (Phi) is 14.0. The van der Waals surface area contributed by atoms with Crippen LogP contribution in [0.2, 0.25) is 0 Å². The highest BCUT2D eigenvalue weighted by Crippen LogP contribution is 2.36. The molecule has 2 fully saturated rings. The molecule has 2 aliphatic rings. The van der Waals surface area contributed by atoms with E-state index < -0.39 is 23.1 Å². The standard InChI is InChI=1S/C52H55F2N7O6/c1-32-40(26-37(53)27-43(32)58-51(65)39-15-14-36(25-42(39)54)52(2,3)66)49-41-29-44(57-50(41)56-31-55-49)34-11-9-33(10-12-34)30-60-22-20-59(21-23-60)18-7-5-6-8-46(63)35-13-16-45(47(24-35)67-4)61-19-17-38(62)28-48(61)64/h9-16,24-27,29,31,66H,5-8,17-23,28,30H2,1-4H3,(H,58,65)(H,55,56,57). The molecule has 0 atom stereocenters. The van der Waals surface area contributed by atoms with Crippen molar-refractivity contribution in [1.82, 2.24) is 24.8 Å². The number of aromatic nitrogens is 3. The van der Waals surface area contributed by atoms with E-state index in [1.54, 1.807) is 30.0 Å². The third kappa shape index (κ3) is 10.8. The van der Waals surface area contributed by atoms with E-state index in [9.17, 15) is 28.7 Å². The maximum Gasteiger partial charge on any atom is 0.258 e. The number of hydrogen-bond donors (Lipinski definition) is 3. The topological polar surface area (TPSA) is 161 Å². The summed E-state index contributed by atoms with van der Waals surface area (Å²) in [5.41, 5.74) is 5.09. The number of hydrogen-bond acceptors (Lipinski definition) is 10.